The van der Waals surface area contributed by atoms with Crippen molar-refractivity contribution in [2.75, 3.05) is 25.6 Å². The molecule has 1 amide bonds. The largest absolute Gasteiger partial charge is 0.491 e. The smallest absolute Gasteiger partial charge is 0.244 e. The van der Waals surface area contributed by atoms with Gasteiger partial charge in [0.1, 0.15) is 6.04 Å². The maximum Gasteiger partial charge on any atom is 0.244 e. The first-order valence-corrected chi connectivity index (χ1v) is 6.22. The molecule has 5 nitrogen and oxygen atoms in total. The molecule has 1 heterocycles. The van der Waals surface area contributed by atoms with Gasteiger partial charge in [0.05, 0.1) is 19.8 Å². The highest BCUT2D eigenvalue weighted by Gasteiger charge is 2.28. The van der Waals surface area contributed by atoms with E-state index < -0.39 is 29.3 Å². The topological polar surface area (TPSA) is 59.6 Å². The Morgan fingerprint density at radius 2 is 2.05 bits per heavy atom. The summed E-state index contributed by atoms with van der Waals surface area (Å²) in [6.45, 7) is 2.83. The minimum Gasteiger partial charge on any atom is -0.491 e. The van der Waals surface area contributed by atoms with Crippen LogP contribution in [0, 0.1) is 11.6 Å². The van der Waals surface area contributed by atoms with Crippen LogP contribution in [0.2, 0.25) is 0 Å². The summed E-state index contributed by atoms with van der Waals surface area (Å²) < 4.78 is 37.0. The summed E-state index contributed by atoms with van der Waals surface area (Å²) in [7, 11) is 1.17. The van der Waals surface area contributed by atoms with Crippen molar-refractivity contribution in [2.45, 2.75) is 19.1 Å². The van der Waals surface area contributed by atoms with Crippen LogP contribution in [0.15, 0.2) is 12.1 Å². The number of carbonyl (C=O) groups excluding carboxylic acids is 1. The first-order valence-electron chi connectivity index (χ1n) is 6.22. The number of morpholine rings is 1. The molecule has 8 heteroatoms. The number of ether oxygens (including phenoxy) is 2. The summed E-state index contributed by atoms with van der Waals surface area (Å²) in [4.78, 5) is 12.0. The fourth-order valence-electron chi connectivity index (χ4n) is 2.07. The van der Waals surface area contributed by atoms with Gasteiger partial charge in [-0.05, 0) is 6.92 Å². The van der Waals surface area contributed by atoms with E-state index in [4.69, 9.17) is 4.74 Å². The third-order valence-electron chi connectivity index (χ3n) is 3.07. The standard InChI is InChI=1S/C13H16F2N2O3.ClH/c1-7-11(16-3-4-20-7)13(18)17-8-5-9(14)12(19-2)10(15)6-8;/h5-7,11,16H,3-4H2,1-2H3,(H,17,18);1H/t7-,11+;/m1./s1. The van der Waals surface area contributed by atoms with E-state index in [-0.39, 0.29) is 24.2 Å². The third kappa shape index (κ3) is 4.03. The minimum absolute atomic E-state index is 0. The molecule has 21 heavy (non-hydrogen) atoms. The molecule has 0 bridgehead atoms. The summed E-state index contributed by atoms with van der Waals surface area (Å²) in [6, 6.07) is 1.46. The summed E-state index contributed by atoms with van der Waals surface area (Å²) in [6.07, 6.45) is -0.309. The average molecular weight is 323 g/mol. The summed E-state index contributed by atoms with van der Waals surface area (Å²) in [5.74, 6) is -2.62. The number of rotatable bonds is 3. The van der Waals surface area contributed by atoms with Crippen molar-refractivity contribution in [3.8, 4) is 5.75 Å². The maximum absolute atomic E-state index is 13.5. The molecular formula is C13H17ClF2N2O3. The van der Waals surface area contributed by atoms with Crippen LogP contribution in [0.1, 0.15) is 6.92 Å². The van der Waals surface area contributed by atoms with Crippen LogP contribution in [-0.4, -0.2) is 38.3 Å². The fraction of sp³-hybridized carbons (Fsp3) is 0.462. The van der Waals surface area contributed by atoms with E-state index in [0.717, 1.165) is 12.1 Å². The second kappa shape index (κ2) is 7.53. The van der Waals surface area contributed by atoms with Gasteiger partial charge in [0.15, 0.2) is 17.4 Å². The van der Waals surface area contributed by atoms with Gasteiger partial charge in [0.2, 0.25) is 5.91 Å². The Kier molecular flexibility index (Phi) is 6.32. The molecule has 2 rings (SSSR count). The highest BCUT2D eigenvalue weighted by atomic mass is 35.5. The van der Waals surface area contributed by atoms with Gasteiger partial charge >= 0.3 is 0 Å². The number of methoxy groups -OCH3 is 1. The fourth-order valence-corrected chi connectivity index (χ4v) is 2.07. The van der Waals surface area contributed by atoms with Gasteiger partial charge in [-0.1, -0.05) is 0 Å². The lowest BCUT2D eigenvalue weighted by Crippen LogP contribution is -2.53. The van der Waals surface area contributed by atoms with Gasteiger partial charge in [-0.3, -0.25) is 4.79 Å². The molecule has 0 spiro atoms. The predicted octanol–water partition coefficient (Wildman–Crippen LogP) is 1.71. The summed E-state index contributed by atoms with van der Waals surface area (Å²) in [5.41, 5.74) is 0.0328. The van der Waals surface area contributed by atoms with Crippen LogP contribution in [0.3, 0.4) is 0 Å². The minimum atomic E-state index is -0.872. The normalized spacial score (nSPS) is 21.3. The van der Waals surface area contributed by atoms with Crippen LogP contribution in [0.5, 0.6) is 5.75 Å². The van der Waals surface area contributed by atoms with Crippen molar-refractivity contribution in [1.29, 1.82) is 0 Å². The van der Waals surface area contributed by atoms with Crippen molar-refractivity contribution in [2.24, 2.45) is 0 Å². The Morgan fingerprint density at radius 1 is 1.43 bits per heavy atom. The van der Waals surface area contributed by atoms with Gasteiger partial charge < -0.3 is 20.1 Å². The highest BCUT2D eigenvalue weighted by molar-refractivity contribution is 5.95. The maximum atomic E-state index is 13.5. The molecule has 1 saturated heterocycles. The summed E-state index contributed by atoms with van der Waals surface area (Å²) in [5, 5.41) is 5.45. The van der Waals surface area contributed by atoms with E-state index in [1.165, 1.54) is 7.11 Å². The molecule has 1 aromatic rings. The molecule has 1 fully saturated rings. The first kappa shape index (κ1) is 17.6. The Labute approximate surface area is 127 Å². The van der Waals surface area contributed by atoms with Crippen molar-refractivity contribution in [3.63, 3.8) is 0 Å². The molecular weight excluding hydrogens is 306 g/mol. The SMILES string of the molecule is COc1c(F)cc(NC(=O)[C@H]2NCCO[C@@H]2C)cc1F.Cl. The second-order valence-electron chi connectivity index (χ2n) is 4.47. The number of amides is 1. The Balaban J connectivity index is 0.00000220. The molecule has 2 N–H and O–H groups in total. The number of hydrogen-bond acceptors (Lipinski definition) is 4. The summed E-state index contributed by atoms with van der Waals surface area (Å²) >= 11 is 0. The molecule has 1 aromatic carbocycles. The molecule has 118 valence electrons. The van der Waals surface area contributed by atoms with Gasteiger partial charge in [-0.2, -0.15) is 0 Å². The molecule has 0 radical (unpaired) electrons. The molecule has 0 unspecified atom stereocenters. The van der Waals surface area contributed by atoms with Crippen molar-refractivity contribution in [1.82, 2.24) is 5.32 Å². The van der Waals surface area contributed by atoms with Gasteiger partial charge in [0.25, 0.3) is 0 Å². The van der Waals surface area contributed by atoms with E-state index >= 15 is 0 Å². The number of carbonyl (C=O) groups is 1. The highest BCUT2D eigenvalue weighted by Crippen LogP contribution is 2.25. The zero-order chi connectivity index (χ0) is 14.7. The van der Waals surface area contributed by atoms with Gasteiger partial charge in [-0.25, -0.2) is 8.78 Å². The number of hydrogen-bond donors (Lipinski definition) is 2. The van der Waals surface area contributed by atoms with E-state index in [1.54, 1.807) is 6.92 Å². The van der Waals surface area contributed by atoms with Crippen LogP contribution in [0.4, 0.5) is 14.5 Å². The lowest BCUT2D eigenvalue weighted by atomic mass is 10.1. The van der Waals surface area contributed by atoms with Crippen LogP contribution in [0.25, 0.3) is 0 Å². The molecule has 1 aliphatic heterocycles. The monoisotopic (exact) mass is 322 g/mol. The average Bonchev–Trinajstić information content (AvgIpc) is 2.38. The quantitative estimate of drug-likeness (QED) is 0.889. The predicted molar refractivity (Wildman–Crippen MR) is 76.0 cm³/mol. The number of nitrogens with one attached hydrogen (secondary N) is 2. The van der Waals surface area contributed by atoms with E-state index in [9.17, 15) is 13.6 Å². The molecule has 1 aliphatic rings. The van der Waals surface area contributed by atoms with Gasteiger partial charge in [-0.15, -0.1) is 12.4 Å². The van der Waals surface area contributed by atoms with Crippen LogP contribution >= 0.6 is 12.4 Å². The van der Waals surface area contributed by atoms with E-state index in [1.807, 2.05) is 0 Å². The van der Waals surface area contributed by atoms with Crippen LogP contribution < -0.4 is 15.4 Å². The van der Waals surface area contributed by atoms with Crippen molar-refractivity contribution >= 4 is 24.0 Å². The lowest BCUT2D eigenvalue weighted by molar-refractivity contribution is -0.123. The molecule has 2 atom stereocenters. The Hall–Kier alpha value is -1.44. The molecule has 0 saturated carbocycles. The number of halogens is 3. The molecule has 0 aliphatic carbocycles. The number of benzene rings is 1. The van der Waals surface area contributed by atoms with Crippen molar-refractivity contribution in [3.05, 3.63) is 23.8 Å². The lowest BCUT2D eigenvalue weighted by Gasteiger charge is -2.29. The molecule has 0 aromatic heterocycles. The second-order valence-corrected chi connectivity index (χ2v) is 4.47. The van der Waals surface area contributed by atoms with E-state index in [2.05, 4.69) is 15.4 Å². The van der Waals surface area contributed by atoms with Crippen molar-refractivity contribution < 1.29 is 23.0 Å². The first-order chi connectivity index (χ1) is 9.52. The third-order valence-corrected chi connectivity index (χ3v) is 3.07. The zero-order valence-corrected chi connectivity index (χ0v) is 12.4. The Morgan fingerprint density at radius 3 is 2.57 bits per heavy atom. The zero-order valence-electron chi connectivity index (χ0n) is 11.6. The Bertz CT molecular complexity index is 493. The van der Waals surface area contributed by atoms with E-state index in [0.29, 0.717) is 13.2 Å². The van der Waals surface area contributed by atoms with Crippen LogP contribution in [-0.2, 0) is 9.53 Å². The van der Waals surface area contributed by atoms with Gasteiger partial charge in [0, 0.05) is 24.4 Å². The number of anilines is 1.